The van der Waals surface area contributed by atoms with E-state index in [1.165, 1.54) is 7.05 Å². The lowest BCUT2D eigenvalue weighted by atomic mass is 10.0. The molecular formula is C32H34F2N6O5. The lowest BCUT2D eigenvalue weighted by Crippen LogP contribution is -2.48. The zero-order valence-corrected chi connectivity index (χ0v) is 25.2. The maximum absolute atomic E-state index is 14.7. The highest BCUT2D eigenvalue weighted by atomic mass is 19.2. The van der Waals surface area contributed by atoms with E-state index in [9.17, 15) is 23.5 Å². The summed E-state index contributed by atoms with van der Waals surface area (Å²) in [6, 6.07) is 8.08. The zero-order valence-electron chi connectivity index (χ0n) is 25.2. The maximum atomic E-state index is 14.7. The number of amides is 1. The molecule has 45 heavy (non-hydrogen) atoms. The van der Waals surface area contributed by atoms with Gasteiger partial charge in [0.05, 0.1) is 35.9 Å². The van der Waals surface area contributed by atoms with Crippen LogP contribution in [0.5, 0.6) is 11.6 Å². The topological polar surface area (TPSA) is 113 Å². The van der Waals surface area contributed by atoms with E-state index < -0.39 is 17.7 Å². The van der Waals surface area contributed by atoms with Crippen molar-refractivity contribution in [1.29, 1.82) is 0 Å². The fourth-order valence-corrected chi connectivity index (χ4v) is 6.14. The van der Waals surface area contributed by atoms with Gasteiger partial charge in [-0.2, -0.15) is 4.39 Å². The molecule has 13 heteroatoms. The number of ether oxygens (including phenoxy) is 2. The standard InChI is InChI=1S/C32H34F2N6O5/c1-19-18-45-31-28(34)25(33)12-24-29(31)40(19)16-21(30(24)41)15-39(14-20-8-9-35-27(11-20)44-3)23-5-4-10-38(17-23)22-6-7-26(36-13-22)37(2)32(42)43/h6-9,11-13,16,19,23H,4-5,10,14-15,17-18H2,1-3H3,(H,42,43)/t19?,23-/m0/s1. The van der Waals surface area contributed by atoms with E-state index in [0.717, 1.165) is 41.6 Å². The Hall–Kier alpha value is -4.78. The number of benzene rings is 1. The fraction of sp³-hybridized carbons (Fsp3) is 0.375. The summed E-state index contributed by atoms with van der Waals surface area (Å²) in [4.78, 5) is 39.3. The van der Waals surface area contributed by atoms with Crippen molar-refractivity contribution in [2.75, 3.05) is 43.7 Å². The molecule has 1 saturated heterocycles. The van der Waals surface area contributed by atoms with Gasteiger partial charge in [0.15, 0.2) is 17.0 Å². The van der Waals surface area contributed by atoms with Crippen molar-refractivity contribution in [3.05, 3.63) is 81.9 Å². The highest BCUT2D eigenvalue weighted by molar-refractivity contribution is 5.86. The third-order valence-electron chi connectivity index (χ3n) is 8.59. The minimum atomic E-state index is -1.12. The number of anilines is 2. The molecular weight excluding hydrogens is 586 g/mol. The van der Waals surface area contributed by atoms with Crippen LogP contribution in [-0.4, -0.2) is 70.5 Å². The number of methoxy groups -OCH3 is 1. The predicted molar refractivity (Wildman–Crippen MR) is 164 cm³/mol. The van der Waals surface area contributed by atoms with Gasteiger partial charge in [0.1, 0.15) is 12.4 Å². The molecule has 0 aliphatic carbocycles. The number of hydrogen-bond acceptors (Lipinski definition) is 8. The van der Waals surface area contributed by atoms with E-state index in [-0.39, 0.29) is 47.3 Å². The van der Waals surface area contributed by atoms with E-state index in [0.29, 0.717) is 30.4 Å². The molecule has 236 valence electrons. The number of rotatable bonds is 8. The number of aromatic nitrogens is 3. The van der Waals surface area contributed by atoms with Gasteiger partial charge in [-0.15, -0.1) is 0 Å². The summed E-state index contributed by atoms with van der Waals surface area (Å²) in [5, 5.41) is 9.37. The smallest absolute Gasteiger partial charge is 0.412 e. The Morgan fingerprint density at radius 1 is 1.20 bits per heavy atom. The molecule has 3 aromatic heterocycles. The fourth-order valence-electron chi connectivity index (χ4n) is 6.14. The zero-order chi connectivity index (χ0) is 31.8. The minimum absolute atomic E-state index is 0.0111. The van der Waals surface area contributed by atoms with Crippen LogP contribution in [0.25, 0.3) is 10.9 Å². The van der Waals surface area contributed by atoms with Crippen molar-refractivity contribution in [2.45, 2.75) is 44.9 Å². The molecule has 1 aromatic carbocycles. The molecule has 1 fully saturated rings. The average Bonchev–Trinajstić information content (AvgIpc) is 3.05. The van der Waals surface area contributed by atoms with E-state index in [1.807, 2.05) is 29.7 Å². The van der Waals surface area contributed by atoms with Gasteiger partial charge in [0, 0.05) is 63.3 Å². The number of nitrogens with zero attached hydrogens (tertiary/aromatic N) is 6. The van der Waals surface area contributed by atoms with Gasteiger partial charge in [-0.25, -0.2) is 19.2 Å². The van der Waals surface area contributed by atoms with Gasteiger partial charge in [0.25, 0.3) is 0 Å². The second kappa shape index (κ2) is 12.3. The van der Waals surface area contributed by atoms with E-state index in [2.05, 4.69) is 19.8 Å². The maximum Gasteiger partial charge on any atom is 0.412 e. The molecule has 1 amide bonds. The Bertz CT molecular complexity index is 1800. The molecule has 1 N–H and O–H groups in total. The number of halogens is 2. The first-order valence-electron chi connectivity index (χ1n) is 14.7. The van der Waals surface area contributed by atoms with Crippen LogP contribution < -0.4 is 24.7 Å². The molecule has 2 atom stereocenters. The summed E-state index contributed by atoms with van der Waals surface area (Å²) in [5.41, 5.74) is 2.17. The van der Waals surface area contributed by atoms with Crippen LogP contribution in [0.2, 0.25) is 0 Å². The Balaban J connectivity index is 1.35. The Labute approximate surface area is 258 Å². The van der Waals surface area contributed by atoms with Crippen molar-refractivity contribution in [2.24, 2.45) is 0 Å². The Kier molecular flexibility index (Phi) is 8.28. The summed E-state index contributed by atoms with van der Waals surface area (Å²) < 4.78 is 42.0. The molecule has 5 heterocycles. The molecule has 0 radical (unpaired) electrons. The highest BCUT2D eigenvalue weighted by Gasteiger charge is 2.30. The minimum Gasteiger partial charge on any atom is -0.486 e. The summed E-state index contributed by atoms with van der Waals surface area (Å²) in [7, 11) is 3.00. The molecule has 11 nitrogen and oxygen atoms in total. The van der Waals surface area contributed by atoms with Crippen LogP contribution in [0.1, 0.15) is 36.9 Å². The monoisotopic (exact) mass is 620 g/mol. The number of pyridine rings is 3. The number of piperidine rings is 1. The molecule has 0 spiro atoms. The third kappa shape index (κ3) is 5.87. The van der Waals surface area contributed by atoms with Gasteiger partial charge >= 0.3 is 6.09 Å². The van der Waals surface area contributed by atoms with Crippen LogP contribution >= 0.6 is 0 Å². The van der Waals surface area contributed by atoms with Gasteiger partial charge in [-0.05, 0) is 49.6 Å². The van der Waals surface area contributed by atoms with Crippen molar-refractivity contribution in [1.82, 2.24) is 19.4 Å². The lowest BCUT2D eigenvalue weighted by molar-refractivity contribution is 0.157. The first-order chi connectivity index (χ1) is 21.6. The van der Waals surface area contributed by atoms with Crippen LogP contribution in [0.15, 0.2) is 53.7 Å². The van der Waals surface area contributed by atoms with Gasteiger partial charge in [-0.3, -0.25) is 14.6 Å². The van der Waals surface area contributed by atoms with Crippen LogP contribution in [0.3, 0.4) is 0 Å². The summed E-state index contributed by atoms with van der Waals surface area (Å²) >= 11 is 0. The lowest BCUT2D eigenvalue weighted by Gasteiger charge is -2.40. The second-order valence-electron chi connectivity index (χ2n) is 11.5. The largest absolute Gasteiger partial charge is 0.486 e. The predicted octanol–water partition coefficient (Wildman–Crippen LogP) is 4.82. The molecule has 4 aromatic rings. The summed E-state index contributed by atoms with van der Waals surface area (Å²) in [5.74, 6) is -1.64. The third-order valence-corrected chi connectivity index (χ3v) is 8.59. The molecule has 2 aliphatic heterocycles. The number of carbonyl (C=O) groups is 1. The SMILES string of the molecule is COc1cc(CN(Cc2cn3c4c(c(F)c(F)cc4c2=O)OCC3C)[C@H]2CCCN(c3ccc(N(C)C(=O)O)nc3)C2)ccn1. The quantitative estimate of drug-likeness (QED) is 0.296. The number of hydrogen-bond donors (Lipinski definition) is 1. The van der Waals surface area contributed by atoms with Crippen molar-refractivity contribution >= 4 is 28.5 Å². The van der Waals surface area contributed by atoms with Crippen molar-refractivity contribution < 1.29 is 28.2 Å². The van der Waals surface area contributed by atoms with Crippen LogP contribution in [0, 0.1) is 11.6 Å². The average molecular weight is 621 g/mol. The summed E-state index contributed by atoms with van der Waals surface area (Å²) in [6.45, 7) is 4.23. The Morgan fingerprint density at radius 3 is 2.76 bits per heavy atom. The van der Waals surface area contributed by atoms with E-state index >= 15 is 0 Å². The van der Waals surface area contributed by atoms with Gasteiger partial charge in [-0.1, -0.05) is 0 Å². The van der Waals surface area contributed by atoms with Gasteiger partial charge in [0.2, 0.25) is 11.7 Å². The molecule has 1 unspecified atom stereocenters. The van der Waals surface area contributed by atoms with Crippen LogP contribution in [0.4, 0.5) is 25.1 Å². The Morgan fingerprint density at radius 2 is 2.02 bits per heavy atom. The normalized spacial score (nSPS) is 17.8. The van der Waals surface area contributed by atoms with E-state index in [4.69, 9.17) is 9.47 Å². The van der Waals surface area contributed by atoms with E-state index in [1.54, 1.807) is 31.8 Å². The number of carboxylic acid groups (broad SMARTS) is 1. The summed E-state index contributed by atoms with van der Waals surface area (Å²) in [6.07, 6.45) is 5.74. The molecule has 6 rings (SSSR count). The molecule has 0 saturated carbocycles. The molecule has 2 aliphatic rings. The van der Waals surface area contributed by atoms with Crippen molar-refractivity contribution in [3.8, 4) is 11.6 Å². The first kappa shape index (κ1) is 30.3. The highest BCUT2D eigenvalue weighted by Crippen LogP contribution is 2.36. The second-order valence-corrected chi connectivity index (χ2v) is 11.5. The first-order valence-corrected chi connectivity index (χ1v) is 14.7. The van der Waals surface area contributed by atoms with Crippen molar-refractivity contribution in [3.63, 3.8) is 0 Å². The van der Waals surface area contributed by atoms with Crippen LogP contribution in [-0.2, 0) is 13.1 Å². The van der Waals surface area contributed by atoms with Gasteiger partial charge < -0.3 is 24.0 Å². The molecule has 0 bridgehead atoms.